The monoisotopic (exact) mass is 434 g/mol. The predicted octanol–water partition coefficient (Wildman–Crippen LogP) is -0.0325. The van der Waals surface area contributed by atoms with E-state index in [1.54, 1.807) is 12.1 Å². The van der Waals surface area contributed by atoms with E-state index in [0.29, 0.717) is 4.48 Å². The number of likely N-dealkylation sites (N-methyl/N-ethyl adjacent to an activating group) is 1. The number of thiol groups is 2. The molecule has 1 aromatic rings. The number of sulfonamides is 1. The van der Waals surface area contributed by atoms with Crippen molar-refractivity contribution in [2.75, 3.05) is 58.8 Å². The summed E-state index contributed by atoms with van der Waals surface area (Å²) in [5.74, 6) is -0.396. The molecule has 2 N–H and O–H groups in total. The molecule has 1 aliphatic rings. The van der Waals surface area contributed by atoms with Gasteiger partial charge in [-0.25, -0.2) is 8.42 Å². The molecule has 11 heteroatoms. The Morgan fingerprint density at radius 3 is 2.15 bits per heavy atom. The summed E-state index contributed by atoms with van der Waals surface area (Å²) < 4.78 is 25.0. The Labute approximate surface area is 172 Å². The summed E-state index contributed by atoms with van der Waals surface area (Å²) in [6, 6.07) is 6.63. The third-order valence-electron chi connectivity index (χ3n) is 4.10. The second kappa shape index (κ2) is 9.01. The van der Waals surface area contributed by atoms with Gasteiger partial charge in [-0.3, -0.25) is 15.1 Å². The van der Waals surface area contributed by atoms with Gasteiger partial charge in [0.05, 0.1) is 30.7 Å². The number of piperazine rings is 1. The van der Waals surface area contributed by atoms with E-state index >= 15 is 0 Å². The first-order chi connectivity index (χ1) is 12.5. The van der Waals surface area contributed by atoms with Crippen molar-refractivity contribution >= 4 is 46.9 Å². The van der Waals surface area contributed by atoms with Gasteiger partial charge in [0.25, 0.3) is 15.9 Å². The molecule has 1 aliphatic heterocycles. The molecule has 1 amide bonds. The highest BCUT2D eigenvalue weighted by atomic mass is 32.2. The summed E-state index contributed by atoms with van der Waals surface area (Å²) in [5, 5.41) is 0. The predicted molar refractivity (Wildman–Crippen MR) is 113 cm³/mol. The van der Waals surface area contributed by atoms with Crippen molar-refractivity contribution in [1.82, 2.24) is 15.2 Å². The van der Waals surface area contributed by atoms with E-state index in [2.05, 4.69) is 45.3 Å². The zero-order chi connectivity index (χ0) is 20.2. The Hall–Kier alpha value is -0.980. The number of anilines is 1. The first-order valence-electron chi connectivity index (χ1n) is 8.54. The van der Waals surface area contributed by atoms with Gasteiger partial charge in [-0.1, -0.05) is 0 Å². The number of carbonyl (C=O) groups excluding carboxylic acids is 1. The van der Waals surface area contributed by atoms with Gasteiger partial charge in [0, 0.05) is 31.9 Å². The molecule has 1 heterocycles. The fourth-order valence-electron chi connectivity index (χ4n) is 2.70. The summed E-state index contributed by atoms with van der Waals surface area (Å²) >= 11 is 8.65. The number of amides is 1. The van der Waals surface area contributed by atoms with Gasteiger partial charge < -0.3 is 9.38 Å². The number of hydrogen-bond donors (Lipinski definition) is 4. The standard InChI is InChI=1S/C16H27N5O3S3/c1-21(2,3)12-15(22)17-18-27(23,24)14-6-4-13(5-7-14)19-8-10-20(11-9-19)16(25)26/h4-7,16,18H,8-12H2,1-3H3,(H2-,17,22,25,26)/p+1. The van der Waals surface area contributed by atoms with Crippen molar-refractivity contribution in [3.8, 4) is 0 Å². The van der Waals surface area contributed by atoms with E-state index in [9.17, 15) is 13.2 Å². The minimum absolute atomic E-state index is 0.0713. The highest BCUT2D eigenvalue weighted by Gasteiger charge is 2.21. The average Bonchev–Trinajstić information content (AvgIpc) is 2.59. The summed E-state index contributed by atoms with van der Waals surface area (Å²) in [4.78, 5) is 18.4. The lowest BCUT2D eigenvalue weighted by Crippen LogP contribution is -2.49. The zero-order valence-corrected chi connectivity index (χ0v) is 18.4. The molecule has 0 aliphatic carbocycles. The summed E-state index contributed by atoms with van der Waals surface area (Å²) in [6.07, 6.45) is 0. The highest BCUT2D eigenvalue weighted by molar-refractivity contribution is 7.99. The normalized spacial score (nSPS) is 16.6. The van der Waals surface area contributed by atoms with E-state index in [4.69, 9.17) is 0 Å². The number of carbonyl (C=O) groups is 1. The van der Waals surface area contributed by atoms with Crippen LogP contribution < -0.4 is 15.2 Å². The van der Waals surface area contributed by atoms with Crippen LogP contribution in [0.5, 0.6) is 0 Å². The fourth-order valence-corrected chi connectivity index (χ4v) is 4.02. The molecule has 1 aromatic carbocycles. The van der Waals surface area contributed by atoms with Crippen LogP contribution in [0.4, 0.5) is 5.69 Å². The zero-order valence-electron chi connectivity index (χ0n) is 15.8. The second-order valence-corrected chi connectivity index (χ2v) is 10.5. The molecule has 27 heavy (non-hydrogen) atoms. The van der Waals surface area contributed by atoms with E-state index < -0.39 is 15.9 Å². The van der Waals surface area contributed by atoms with E-state index in [1.165, 1.54) is 12.1 Å². The van der Waals surface area contributed by atoms with Crippen LogP contribution in [0, 0.1) is 0 Å². The Morgan fingerprint density at radius 1 is 1.11 bits per heavy atom. The Balaban J connectivity index is 1.95. The number of rotatable bonds is 7. The molecule has 0 radical (unpaired) electrons. The van der Waals surface area contributed by atoms with Crippen LogP contribution in [-0.2, 0) is 14.8 Å². The minimum Gasteiger partial charge on any atom is -0.369 e. The van der Waals surface area contributed by atoms with Gasteiger partial charge in [0.15, 0.2) is 6.54 Å². The van der Waals surface area contributed by atoms with Crippen LogP contribution >= 0.6 is 25.3 Å². The van der Waals surface area contributed by atoms with Gasteiger partial charge in [-0.15, -0.1) is 30.1 Å². The van der Waals surface area contributed by atoms with Gasteiger partial charge in [-0.2, -0.15) is 0 Å². The largest absolute Gasteiger partial charge is 0.369 e. The maximum atomic E-state index is 12.3. The maximum Gasteiger partial charge on any atom is 0.290 e. The summed E-state index contributed by atoms with van der Waals surface area (Å²) in [7, 11) is 1.73. The van der Waals surface area contributed by atoms with Crippen LogP contribution in [0.25, 0.3) is 0 Å². The van der Waals surface area contributed by atoms with Gasteiger partial charge in [-0.05, 0) is 24.3 Å². The number of hydrazine groups is 1. The molecule has 1 fully saturated rings. The molecule has 0 spiro atoms. The Bertz CT molecular complexity index is 740. The molecule has 0 aromatic heterocycles. The highest BCUT2D eigenvalue weighted by Crippen LogP contribution is 2.21. The van der Waals surface area contributed by atoms with Crippen LogP contribution in [0.15, 0.2) is 29.2 Å². The molecular formula is C16H28N5O3S3+. The van der Waals surface area contributed by atoms with Crippen molar-refractivity contribution in [1.29, 1.82) is 0 Å². The molecule has 0 saturated carbocycles. The fraction of sp³-hybridized carbons (Fsp3) is 0.562. The van der Waals surface area contributed by atoms with Crippen LogP contribution in [-0.4, -0.2) is 82.3 Å². The van der Waals surface area contributed by atoms with Crippen molar-refractivity contribution in [2.45, 2.75) is 9.60 Å². The number of nitrogens with one attached hydrogen (secondary N) is 2. The molecule has 1 saturated heterocycles. The topological polar surface area (TPSA) is 81.8 Å². The lowest BCUT2D eigenvalue weighted by atomic mass is 10.2. The number of hydrogen-bond acceptors (Lipinski definition) is 7. The molecule has 0 bridgehead atoms. The third kappa shape index (κ3) is 6.84. The lowest BCUT2D eigenvalue weighted by Gasteiger charge is -2.37. The lowest BCUT2D eigenvalue weighted by molar-refractivity contribution is -0.862. The maximum absolute atomic E-state index is 12.3. The van der Waals surface area contributed by atoms with Crippen molar-refractivity contribution in [2.24, 2.45) is 0 Å². The number of benzene rings is 1. The first-order valence-corrected chi connectivity index (χ1v) is 11.1. The molecule has 8 nitrogen and oxygen atoms in total. The number of nitrogens with zero attached hydrogens (tertiary/aromatic N) is 3. The van der Waals surface area contributed by atoms with Gasteiger partial charge in [0.2, 0.25) is 0 Å². The van der Waals surface area contributed by atoms with E-state index in [1.807, 2.05) is 21.1 Å². The van der Waals surface area contributed by atoms with E-state index in [-0.39, 0.29) is 16.1 Å². The summed E-state index contributed by atoms with van der Waals surface area (Å²) in [5.41, 5.74) is 3.20. The quantitative estimate of drug-likeness (QED) is 0.210. The Kier molecular flexibility index (Phi) is 7.45. The second-order valence-electron chi connectivity index (χ2n) is 7.47. The minimum atomic E-state index is -3.81. The third-order valence-corrected chi connectivity index (χ3v) is 6.01. The first kappa shape index (κ1) is 22.3. The average molecular weight is 435 g/mol. The van der Waals surface area contributed by atoms with Gasteiger partial charge in [0.1, 0.15) is 0 Å². The van der Waals surface area contributed by atoms with Crippen molar-refractivity contribution in [3.05, 3.63) is 24.3 Å². The van der Waals surface area contributed by atoms with Crippen LogP contribution in [0.2, 0.25) is 0 Å². The SMILES string of the molecule is C[N+](C)(C)CC(=O)NNS(=O)(=O)c1ccc(N2CCN(C(S)S)CC2)cc1. The van der Waals surface area contributed by atoms with Crippen LogP contribution in [0.3, 0.4) is 0 Å². The van der Waals surface area contributed by atoms with Crippen LogP contribution in [0.1, 0.15) is 0 Å². The number of quaternary nitrogens is 1. The summed E-state index contributed by atoms with van der Waals surface area (Å²) in [6.45, 7) is 3.49. The molecule has 2 rings (SSSR count). The molecule has 152 valence electrons. The van der Waals surface area contributed by atoms with Gasteiger partial charge >= 0.3 is 0 Å². The molecular weight excluding hydrogens is 406 g/mol. The molecule has 0 unspecified atom stereocenters. The van der Waals surface area contributed by atoms with Crippen molar-refractivity contribution < 1.29 is 17.7 Å². The molecule has 0 atom stereocenters. The van der Waals surface area contributed by atoms with E-state index in [0.717, 1.165) is 31.9 Å². The van der Waals surface area contributed by atoms with Crippen molar-refractivity contribution in [3.63, 3.8) is 0 Å². The smallest absolute Gasteiger partial charge is 0.290 e. The Morgan fingerprint density at radius 2 is 1.67 bits per heavy atom.